The van der Waals surface area contributed by atoms with Gasteiger partial charge >= 0.3 is 0 Å². The van der Waals surface area contributed by atoms with E-state index in [2.05, 4.69) is 20.1 Å². The van der Waals surface area contributed by atoms with Gasteiger partial charge < -0.3 is 30.3 Å². The Morgan fingerprint density at radius 1 is 1.12 bits per heavy atom. The lowest BCUT2D eigenvalue weighted by molar-refractivity contribution is -0.136. The van der Waals surface area contributed by atoms with Gasteiger partial charge in [0.1, 0.15) is 5.75 Å². The van der Waals surface area contributed by atoms with Crippen molar-refractivity contribution in [2.24, 2.45) is 10.7 Å². The van der Waals surface area contributed by atoms with Gasteiger partial charge in [-0.3, -0.25) is 19.5 Å². The van der Waals surface area contributed by atoms with Gasteiger partial charge in [-0.1, -0.05) is 12.1 Å². The van der Waals surface area contributed by atoms with Gasteiger partial charge in [0.2, 0.25) is 5.91 Å². The van der Waals surface area contributed by atoms with Crippen LogP contribution in [0.15, 0.2) is 29.3 Å². The molecule has 0 radical (unpaired) electrons. The fourth-order valence-corrected chi connectivity index (χ4v) is 3.63. The Bertz CT molecular complexity index is 779. The monoisotopic (exact) mass is 560 g/mol. The normalized spacial score (nSPS) is 17.5. The van der Waals surface area contributed by atoms with Crippen LogP contribution in [0.2, 0.25) is 0 Å². The summed E-state index contributed by atoms with van der Waals surface area (Å²) in [6, 6.07) is 7.52. The summed E-state index contributed by atoms with van der Waals surface area (Å²) >= 11 is 0. The highest BCUT2D eigenvalue weighted by atomic mass is 127. The van der Waals surface area contributed by atoms with Gasteiger partial charge in [0.25, 0.3) is 5.91 Å². The van der Waals surface area contributed by atoms with Crippen molar-refractivity contribution in [3.05, 3.63) is 29.8 Å². The van der Waals surface area contributed by atoms with Crippen molar-refractivity contribution < 1.29 is 19.1 Å². The number of guanidine groups is 1. The molecule has 2 fully saturated rings. The average Bonchev–Trinajstić information content (AvgIpc) is 2.80. The van der Waals surface area contributed by atoms with Crippen molar-refractivity contribution in [3.8, 4) is 5.75 Å². The summed E-state index contributed by atoms with van der Waals surface area (Å²) in [4.78, 5) is 34.0. The predicted molar refractivity (Wildman–Crippen MR) is 132 cm³/mol. The molecule has 2 saturated heterocycles. The molecular formula is C21H33IN6O4. The van der Waals surface area contributed by atoms with Crippen molar-refractivity contribution in [2.75, 3.05) is 72.7 Å². The number of carbonyl (C=O) groups is 2. The number of primary amides is 1. The lowest BCUT2D eigenvalue weighted by Gasteiger charge is -2.37. The Balaban J connectivity index is 0.00000363. The third-order valence-electron chi connectivity index (χ3n) is 5.34. The van der Waals surface area contributed by atoms with E-state index in [1.54, 1.807) is 13.1 Å². The molecule has 1 aromatic carbocycles. The van der Waals surface area contributed by atoms with Crippen LogP contribution in [0.4, 0.5) is 0 Å². The van der Waals surface area contributed by atoms with Gasteiger partial charge in [-0.2, -0.15) is 0 Å². The van der Waals surface area contributed by atoms with Gasteiger partial charge in [0.15, 0.2) is 12.6 Å². The molecular weight excluding hydrogens is 527 g/mol. The highest BCUT2D eigenvalue weighted by Crippen LogP contribution is 2.13. The second kappa shape index (κ2) is 13.4. The maximum absolute atomic E-state index is 12.5. The zero-order chi connectivity index (χ0) is 22.1. The Morgan fingerprint density at radius 3 is 2.50 bits per heavy atom. The molecule has 2 aliphatic rings. The molecule has 3 rings (SSSR count). The van der Waals surface area contributed by atoms with Crippen LogP contribution in [0, 0.1) is 0 Å². The number of piperazine rings is 1. The summed E-state index contributed by atoms with van der Waals surface area (Å²) in [5.74, 6) is 1.10. The number of rotatable bonds is 7. The Hall–Kier alpha value is -2.12. The van der Waals surface area contributed by atoms with E-state index in [0.717, 1.165) is 37.7 Å². The van der Waals surface area contributed by atoms with Crippen molar-refractivity contribution in [3.63, 3.8) is 0 Å². The van der Waals surface area contributed by atoms with Crippen LogP contribution in [0.25, 0.3) is 0 Å². The van der Waals surface area contributed by atoms with Gasteiger partial charge in [-0.05, 0) is 17.7 Å². The van der Waals surface area contributed by atoms with Crippen LogP contribution in [0.3, 0.4) is 0 Å². The fraction of sp³-hybridized carbons (Fsp3) is 0.571. The van der Waals surface area contributed by atoms with E-state index in [1.807, 2.05) is 23.1 Å². The Labute approximate surface area is 206 Å². The number of nitrogens with two attached hydrogens (primary N) is 1. The van der Waals surface area contributed by atoms with Crippen LogP contribution < -0.4 is 15.8 Å². The first-order valence-corrected chi connectivity index (χ1v) is 10.6. The Kier molecular flexibility index (Phi) is 11.0. The average molecular weight is 560 g/mol. The van der Waals surface area contributed by atoms with E-state index in [0.29, 0.717) is 45.1 Å². The van der Waals surface area contributed by atoms with Crippen LogP contribution in [0.5, 0.6) is 5.75 Å². The molecule has 10 nitrogen and oxygen atoms in total. The summed E-state index contributed by atoms with van der Waals surface area (Å²) < 4.78 is 10.7. The van der Waals surface area contributed by atoms with E-state index in [9.17, 15) is 9.59 Å². The van der Waals surface area contributed by atoms with Crippen molar-refractivity contribution in [1.82, 2.24) is 20.0 Å². The largest absolute Gasteiger partial charge is 0.484 e. The van der Waals surface area contributed by atoms with E-state index in [-0.39, 0.29) is 36.5 Å². The molecule has 0 aromatic heterocycles. The molecule has 11 heteroatoms. The zero-order valence-corrected chi connectivity index (χ0v) is 20.8. The predicted octanol–water partition coefficient (Wildman–Crippen LogP) is -0.279. The fourth-order valence-electron chi connectivity index (χ4n) is 3.63. The highest BCUT2D eigenvalue weighted by Gasteiger charge is 2.24. The van der Waals surface area contributed by atoms with E-state index in [4.69, 9.17) is 15.2 Å². The number of hydrogen-bond acceptors (Lipinski definition) is 6. The van der Waals surface area contributed by atoms with E-state index < -0.39 is 5.91 Å². The molecule has 2 heterocycles. The highest BCUT2D eigenvalue weighted by molar-refractivity contribution is 14.0. The van der Waals surface area contributed by atoms with E-state index >= 15 is 0 Å². The summed E-state index contributed by atoms with van der Waals surface area (Å²) in [7, 11) is 1.77. The number of aliphatic imine (C=N–C) groups is 1. The molecule has 178 valence electrons. The molecule has 32 heavy (non-hydrogen) atoms. The minimum absolute atomic E-state index is 0. The second-order valence-corrected chi connectivity index (χ2v) is 7.56. The first-order valence-electron chi connectivity index (χ1n) is 10.6. The minimum Gasteiger partial charge on any atom is -0.484 e. The summed E-state index contributed by atoms with van der Waals surface area (Å²) in [5, 5.41) is 3.38. The minimum atomic E-state index is -0.505. The number of nitrogens with one attached hydrogen (secondary N) is 1. The number of benzene rings is 1. The zero-order valence-electron chi connectivity index (χ0n) is 18.5. The van der Waals surface area contributed by atoms with Crippen LogP contribution in [-0.4, -0.2) is 105 Å². The van der Waals surface area contributed by atoms with Gasteiger partial charge in [-0.25, -0.2) is 0 Å². The van der Waals surface area contributed by atoms with Gasteiger partial charge in [-0.15, -0.1) is 24.0 Å². The van der Waals surface area contributed by atoms with Crippen LogP contribution in [0.1, 0.15) is 5.56 Å². The molecule has 0 atom stereocenters. The number of halogens is 1. The summed E-state index contributed by atoms with van der Waals surface area (Å²) in [6.45, 7) is 6.75. The third-order valence-corrected chi connectivity index (χ3v) is 5.34. The quantitative estimate of drug-likeness (QED) is 0.268. The molecule has 0 saturated carbocycles. The topological polar surface area (TPSA) is 113 Å². The van der Waals surface area contributed by atoms with Crippen molar-refractivity contribution >= 4 is 41.8 Å². The maximum Gasteiger partial charge on any atom is 0.255 e. The second-order valence-electron chi connectivity index (χ2n) is 7.56. The number of amides is 2. The smallest absolute Gasteiger partial charge is 0.255 e. The number of ether oxygens (including phenoxy) is 2. The van der Waals surface area contributed by atoms with Gasteiger partial charge in [0, 0.05) is 52.9 Å². The first kappa shape index (κ1) is 26.1. The lowest BCUT2D eigenvalue weighted by atomic mass is 10.2. The van der Waals surface area contributed by atoms with Crippen LogP contribution in [-0.2, 0) is 20.9 Å². The standard InChI is InChI=1S/C21H32N6O4.HI/c1-23-21(24-14-17-3-2-4-18(13-17)31-16-19(22)28)27-7-5-25(6-8-27)15-20(29)26-9-11-30-12-10-26;/h2-4,13H,5-12,14-16H2,1H3,(H2,22,28)(H,23,24);1H. The molecule has 0 bridgehead atoms. The SMILES string of the molecule is CN=C(NCc1cccc(OCC(N)=O)c1)N1CCN(CC(=O)N2CCOCC2)CC1.I. The molecule has 0 unspecified atom stereocenters. The lowest BCUT2D eigenvalue weighted by Crippen LogP contribution is -2.54. The third kappa shape index (κ3) is 8.10. The number of carbonyl (C=O) groups excluding carboxylic acids is 2. The number of hydrogen-bond donors (Lipinski definition) is 2. The maximum atomic E-state index is 12.5. The molecule has 2 amide bonds. The van der Waals surface area contributed by atoms with Crippen LogP contribution >= 0.6 is 24.0 Å². The molecule has 3 N–H and O–H groups in total. The van der Waals surface area contributed by atoms with Crippen molar-refractivity contribution in [2.45, 2.75) is 6.54 Å². The molecule has 0 spiro atoms. The Morgan fingerprint density at radius 2 is 1.84 bits per heavy atom. The molecule has 2 aliphatic heterocycles. The number of morpholine rings is 1. The van der Waals surface area contributed by atoms with Gasteiger partial charge in [0.05, 0.1) is 19.8 Å². The van der Waals surface area contributed by atoms with Crippen molar-refractivity contribution in [1.29, 1.82) is 0 Å². The first-order chi connectivity index (χ1) is 15.0. The molecule has 1 aromatic rings. The number of nitrogens with zero attached hydrogens (tertiary/aromatic N) is 4. The summed E-state index contributed by atoms with van der Waals surface area (Å²) in [5.41, 5.74) is 6.14. The summed E-state index contributed by atoms with van der Waals surface area (Å²) in [6.07, 6.45) is 0. The van der Waals surface area contributed by atoms with E-state index in [1.165, 1.54) is 0 Å². The molecule has 0 aliphatic carbocycles.